The van der Waals surface area contributed by atoms with Gasteiger partial charge in [0.1, 0.15) is 5.75 Å². The van der Waals surface area contributed by atoms with E-state index in [0.717, 1.165) is 17.0 Å². The van der Waals surface area contributed by atoms with Crippen molar-refractivity contribution in [1.29, 1.82) is 0 Å². The second kappa shape index (κ2) is 12.2. The molecule has 2 aromatic carbocycles. The highest BCUT2D eigenvalue weighted by atomic mass is 79.9. The third-order valence-electron chi connectivity index (χ3n) is 6.62. The first-order chi connectivity index (χ1) is 19.1. The van der Waals surface area contributed by atoms with Crippen LogP contribution in [0.5, 0.6) is 5.75 Å². The van der Waals surface area contributed by atoms with Crippen molar-refractivity contribution in [1.82, 2.24) is 4.57 Å². The number of nitro benzene ring substituents is 1. The summed E-state index contributed by atoms with van der Waals surface area (Å²) in [6, 6.07) is 9.19. The molecule has 1 aromatic heterocycles. The monoisotopic (exact) mass is 628 g/mol. The zero-order valence-corrected chi connectivity index (χ0v) is 25.2. The summed E-state index contributed by atoms with van der Waals surface area (Å²) in [6.07, 6.45) is 1.66. The fourth-order valence-electron chi connectivity index (χ4n) is 4.72. The Labute approximate surface area is 243 Å². The van der Waals surface area contributed by atoms with Gasteiger partial charge in [-0.2, -0.15) is 0 Å². The second-order valence-electron chi connectivity index (χ2n) is 8.87. The maximum Gasteiger partial charge on any atom is 0.338 e. The molecular weight excluding hydrogens is 600 g/mol. The molecule has 12 heteroatoms. The van der Waals surface area contributed by atoms with E-state index in [1.807, 2.05) is 13.8 Å². The molecule has 4 rings (SSSR count). The Hall–Kier alpha value is -3.77. The minimum absolute atomic E-state index is 0.0728. The number of halogens is 1. The summed E-state index contributed by atoms with van der Waals surface area (Å²) in [6.45, 7) is 8.96. The summed E-state index contributed by atoms with van der Waals surface area (Å²) in [5, 5.41) is 11.6. The third-order valence-corrected chi connectivity index (χ3v) is 8.22. The Kier molecular flexibility index (Phi) is 8.89. The molecule has 0 fully saturated rings. The number of carbonyl (C=O) groups excluding carboxylic acids is 1. The molecule has 40 heavy (non-hydrogen) atoms. The van der Waals surface area contributed by atoms with E-state index in [1.165, 1.54) is 16.7 Å². The molecule has 10 nitrogen and oxygen atoms in total. The standard InChI is InChI=1S/C28H29BrN4O6S/c1-6-31(7-2)21-11-10-19(33(36)37)13-18(21)15-23-26(34)32-25(17-9-12-22(38-5)20(29)14-17)24(27(35)39-8-3)16(4)30-28(32)40-23/h9-15,25H,6-8H2,1-5H3/b23-15-/t25-/m1/s1. The van der Waals surface area contributed by atoms with Gasteiger partial charge in [-0.15, -0.1) is 0 Å². The summed E-state index contributed by atoms with van der Waals surface area (Å²) in [7, 11) is 1.55. The van der Waals surface area contributed by atoms with Gasteiger partial charge in [-0.3, -0.25) is 19.5 Å². The number of hydrogen-bond acceptors (Lipinski definition) is 9. The molecule has 0 aliphatic carbocycles. The number of carbonyl (C=O) groups is 1. The van der Waals surface area contributed by atoms with Crippen molar-refractivity contribution < 1.29 is 19.2 Å². The van der Waals surface area contributed by atoms with Crippen LogP contribution in [0.4, 0.5) is 11.4 Å². The Morgan fingerprint density at radius 3 is 2.55 bits per heavy atom. The van der Waals surface area contributed by atoms with E-state index >= 15 is 0 Å². The van der Waals surface area contributed by atoms with Gasteiger partial charge in [0.25, 0.3) is 11.2 Å². The third kappa shape index (κ3) is 5.46. The lowest BCUT2D eigenvalue weighted by Crippen LogP contribution is -2.40. The van der Waals surface area contributed by atoms with Gasteiger partial charge in [0.2, 0.25) is 0 Å². The molecule has 1 aliphatic rings. The zero-order valence-electron chi connectivity index (χ0n) is 22.8. The fraction of sp³-hybridized carbons (Fsp3) is 0.321. The lowest BCUT2D eigenvalue weighted by atomic mass is 9.96. The van der Waals surface area contributed by atoms with Crippen LogP contribution in [-0.4, -0.2) is 42.3 Å². The highest BCUT2D eigenvalue weighted by Crippen LogP contribution is 2.35. The Bertz CT molecular complexity index is 1690. The molecule has 0 saturated carbocycles. The highest BCUT2D eigenvalue weighted by molar-refractivity contribution is 9.10. The number of hydrogen-bond donors (Lipinski definition) is 0. The van der Waals surface area contributed by atoms with E-state index in [1.54, 1.807) is 51.3 Å². The van der Waals surface area contributed by atoms with E-state index in [0.29, 0.717) is 49.5 Å². The number of esters is 1. The van der Waals surface area contributed by atoms with Crippen molar-refractivity contribution in [3.8, 4) is 5.75 Å². The van der Waals surface area contributed by atoms with Crippen LogP contribution >= 0.6 is 27.3 Å². The van der Waals surface area contributed by atoms with Crippen LogP contribution < -0.4 is 24.5 Å². The number of fused-ring (bicyclic) bond motifs is 1. The molecule has 0 saturated heterocycles. The molecule has 1 aliphatic heterocycles. The number of aromatic nitrogens is 1. The summed E-state index contributed by atoms with van der Waals surface area (Å²) in [4.78, 5) is 45.3. The number of non-ortho nitro benzene ring substituents is 1. The van der Waals surface area contributed by atoms with Gasteiger partial charge in [0, 0.05) is 36.5 Å². The van der Waals surface area contributed by atoms with Crippen LogP contribution in [0, 0.1) is 10.1 Å². The van der Waals surface area contributed by atoms with Crippen LogP contribution in [0.2, 0.25) is 0 Å². The minimum Gasteiger partial charge on any atom is -0.496 e. The molecule has 0 unspecified atom stereocenters. The fourth-order valence-corrected chi connectivity index (χ4v) is 6.32. The maximum absolute atomic E-state index is 14.0. The predicted molar refractivity (Wildman–Crippen MR) is 158 cm³/mol. The van der Waals surface area contributed by atoms with Crippen LogP contribution in [0.3, 0.4) is 0 Å². The molecule has 2 heterocycles. The van der Waals surface area contributed by atoms with Crippen molar-refractivity contribution >= 4 is 50.7 Å². The quantitative estimate of drug-likeness (QED) is 0.197. The van der Waals surface area contributed by atoms with E-state index in [-0.39, 0.29) is 23.4 Å². The second-order valence-corrected chi connectivity index (χ2v) is 10.7. The number of nitro groups is 1. The van der Waals surface area contributed by atoms with Crippen molar-refractivity contribution in [2.75, 3.05) is 31.7 Å². The normalized spacial score (nSPS) is 14.9. The van der Waals surface area contributed by atoms with E-state index in [9.17, 15) is 19.7 Å². The molecule has 3 aromatic rings. The van der Waals surface area contributed by atoms with Crippen LogP contribution in [0.25, 0.3) is 6.08 Å². The summed E-state index contributed by atoms with van der Waals surface area (Å²) in [5.74, 6) is 0.0432. The van der Waals surface area contributed by atoms with Crippen LogP contribution in [-0.2, 0) is 9.53 Å². The van der Waals surface area contributed by atoms with Gasteiger partial charge in [0.05, 0.1) is 45.0 Å². The molecule has 0 spiro atoms. The number of anilines is 1. The molecule has 0 radical (unpaired) electrons. The molecule has 0 bridgehead atoms. The number of ether oxygens (including phenoxy) is 2. The van der Waals surface area contributed by atoms with Gasteiger partial charge in [-0.05, 0) is 73.5 Å². The minimum atomic E-state index is -0.799. The average Bonchev–Trinajstić information content (AvgIpc) is 3.23. The Balaban J connectivity index is 2.00. The van der Waals surface area contributed by atoms with E-state index in [2.05, 4.69) is 25.8 Å². The molecule has 210 valence electrons. The molecule has 0 amide bonds. The van der Waals surface area contributed by atoms with Gasteiger partial charge < -0.3 is 14.4 Å². The Morgan fingerprint density at radius 2 is 1.95 bits per heavy atom. The predicted octanol–water partition coefficient (Wildman–Crippen LogP) is 4.32. The largest absolute Gasteiger partial charge is 0.496 e. The number of rotatable bonds is 9. The zero-order chi connectivity index (χ0) is 29.1. The van der Waals surface area contributed by atoms with Crippen LogP contribution in [0.1, 0.15) is 44.9 Å². The summed E-state index contributed by atoms with van der Waals surface area (Å²) < 4.78 is 13.2. The van der Waals surface area contributed by atoms with Gasteiger partial charge in [-0.1, -0.05) is 17.4 Å². The number of benzene rings is 2. The topological polar surface area (TPSA) is 116 Å². The molecule has 0 N–H and O–H groups in total. The van der Waals surface area contributed by atoms with Gasteiger partial charge in [0.15, 0.2) is 4.80 Å². The molecule has 1 atom stereocenters. The lowest BCUT2D eigenvalue weighted by molar-refractivity contribution is -0.384. The number of allylic oxidation sites excluding steroid dienone is 1. The lowest BCUT2D eigenvalue weighted by Gasteiger charge is -2.25. The highest BCUT2D eigenvalue weighted by Gasteiger charge is 2.33. The first kappa shape index (κ1) is 29.2. The van der Waals surface area contributed by atoms with Crippen LogP contribution in [0.15, 0.2) is 61.9 Å². The van der Waals surface area contributed by atoms with Gasteiger partial charge in [-0.25, -0.2) is 9.79 Å². The van der Waals surface area contributed by atoms with Crippen molar-refractivity contribution in [3.05, 3.63) is 93.1 Å². The smallest absolute Gasteiger partial charge is 0.338 e. The van der Waals surface area contributed by atoms with E-state index in [4.69, 9.17) is 9.47 Å². The number of methoxy groups -OCH3 is 1. The number of nitrogens with zero attached hydrogens (tertiary/aromatic N) is 4. The van der Waals surface area contributed by atoms with Crippen molar-refractivity contribution in [2.45, 2.75) is 33.7 Å². The van der Waals surface area contributed by atoms with E-state index < -0.39 is 16.9 Å². The first-order valence-electron chi connectivity index (χ1n) is 12.7. The first-order valence-corrected chi connectivity index (χ1v) is 14.3. The number of thiazole rings is 1. The van der Waals surface area contributed by atoms with Crippen molar-refractivity contribution in [3.63, 3.8) is 0 Å². The Morgan fingerprint density at radius 1 is 1.23 bits per heavy atom. The van der Waals surface area contributed by atoms with Crippen molar-refractivity contribution in [2.24, 2.45) is 4.99 Å². The SMILES string of the molecule is CCOC(=O)C1=C(C)N=c2s/c(=C\c3cc([N+](=O)[O-])ccc3N(CC)CC)c(=O)n2[C@@H]1c1ccc(OC)c(Br)c1. The summed E-state index contributed by atoms with van der Waals surface area (Å²) >= 11 is 4.67. The molecular formula is C28H29BrN4O6S. The van der Waals surface area contributed by atoms with Gasteiger partial charge >= 0.3 is 5.97 Å². The average molecular weight is 630 g/mol. The maximum atomic E-state index is 14.0. The summed E-state index contributed by atoms with van der Waals surface area (Å²) in [5.41, 5.74) is 2.26.